The number of carbonyl (C=O) groups excluding carboxylic acids is 1. The molecule has 18 heavy (non-hydrogen) atoms. The number of halogens is 1. The third kappa shape index (κ3) is 3.67. The maximum absolute atomic E-state index is 12.7. The van der Waals surface area contributed by atoms with Gasteiger partial charge in [0.2, 0.25) is 5.71 Å². The zero-order chi connectivity index (χ0) is 13.8. The fourth-order valence-electron chi connectivity index (χ4n) is 1.13. The number of Topliss-reactive ketones (excluding diaryl/α,β-unsaturated/α-hetero) is 1. The zero-order valence-electron chi connectivity index (χ0n) is 10.5. The summed E-state index contributed by atoms with van der Waals surface area (Å²) in [5.41, 5.74) is 2.19. The summed E-state index contributed by atoms with van der Waals surface area (Å²) in [6.45, 7) is 5.13. The molecule has 4 nitrogen and oxygen atoms in total. The van der Waals surface area contributed by atoms with Gasteiger partial charge in [-0.05, 0) is 24.3 Å². The molecule has 0 aliphatic carbocycles. The van der Waals surface area contributed by atoms with Crippen LogP contribution in [-0.4, -0.2) is 11.5 Å². The van der Waals surface area contributed by atoms with Gasteiger partial charge in [0.1, 0.15) is 11.9 Å². The highest BCUT2D eigenvalue weighted by Crippen LogP contribution is 2.15. The van der Waals surface area contributed by atoms with Gasteiger partial charge < -0.3 is 0 Å². The molecule has 0 fully saturated rings. The summed E-state index contributed by atoms with van der Waals surface area (Å²) in [6, 6.07) is 7.21. The van der Waals surface area contributed by atoms with E-state index in [0.29, 0.717) is 5.69 Å². The number of ketones is 1. The highest BCUT2D eigenvalue weighted by atomic mass is 19.1. The molecular weight excluding hydrogens is 233 g/mol. The summed E-state index contributed by atoms with van der Waals surface area (Å²) in [6.07, 6.45) is 0. The monoisotopic (exact) mass is 247 g/mol. The maximum atomic E-state index is 12.7. The topological polar surface area (TPSA) is 65.2 Å². The molecule has 0 atom stereocenters. The molecule has 94 valence electrons. The highest BCUT2D eigenvalue weighted by Gasteiger charge is 2.26. The van der Waals surface area contributed by atoms with Gasteiger partial charge in [0.25, 0.3) is 0 Å². The summed E-state index contributed by atoms with van der Waals surface area (Å²) in [7, 11) is 0. The maximum Gasteiger partial charge on any atom is 0.204 e. The van der Waals surface area contributed by atoms with E-state index in [1.54, 1.807) is 26.8 Å². The van der Waals surface area contributed by atoms with Crippen molar-refractivity contribution in [2.45, 2.75) is 20.8 Å². The van der Waals surface area contributed by atoms with Crippen molar-refractivity contribution in [3.63, 3.8) is 0 Å². The van der Waals surface area contributed by atoms with Gasteiger partial charge in [0.05, 0.1) is 5.69 Å². The van der Waals surface area contributed by atoms with Gasteiger partial charge in [-0.2, -0.15) is 10.4 Å². The summed E-state index contributed by atoms with van der Waals surface area (Å²) in [5.74, 6) is -0.713. The zero-order valence-corrected chi connectivity index (χ0v) is 10.5. The van der Waals surface area contributed by atoms with E-state index < -0.39 is 5.41 Å². The van der Waals surface area contributed by atoms with Crippen LogP contribution >= 0.6 is 0 Å². The minimum Gasteiger partial charge on any atom is -0.291 e. The van der Waals surface area contributed by atoms with Crippen LogP contribution in [0.15, 0.2) is 29.4 Å². The lowest BCUT2D eigenvalue weighted by atomic mass is 9.88. The molecule has 0 amide bonds. The average molecular weight is 247 g/mol. The van der Waals surface area contributed by atoms with Crippen molar-refractivity contribution in [1.82, 2.24) is 0 Å². The van der Waals surface area contributed by atoms with Crippen molar-refractivity contribution >= 4 is 17.2 Å². The minimum absolute atomic E-state index is 0.202. The molecule has 0 radical (unpaired) electrons. The molecule has 0 aromatic heterocycles. The van der Waals surface area contributed by atoms with E-state index in [1.165, 1.54) is 24.3 Å². The summed E-state index contributed by atoms with van der Waals surface area (Å²) in [4.78, 5) is 11.8. The van der Waals surface area contributed by atoms with Crippen molar-refractivity contribution in [1.29, 1.82) is 5.26 Å². The molecule has 0 aliphatic heterocycles. The molecule has 1 rings (SSSR count). The molecule has 0 heterocycles. The Bertz CT molecular complexity index is 507. The minimum atomic E-state index is -0.668. The molecule has 1 aromatic carbocycles. The van der Waals surface area contributed by atoms with Gasteiger partial charge in [-0.3, -0.25) is 10.2 Å². The Kier molecular flexibility index (Phi) is 4.16. The molecule has 0 aliphatic rings. The fourth-order valence-corrected chi connectivity index (χ4v) is 1.13. The smallest absolute Gasteiger partial charge is 0.204 e. The Hall–Kier alpha value is -2.22. The van der Waals surface area contributed by atoms with Crippen molar-refractivity contribution in [2.75, 3.05) is 5.43 Å². The summed E-state index contributed by atoms with van der Waals surface area (Å²) < 4.78 is 12.7. The van der Waals surface area contributed by atoms with E-state index in [1.807, 2.05) is 0 Å². The van der Waals surface area contributed by atoms with E-state index in [-0.39, 0.29) is 17.3 Å². The summed E-state index contributed by atoms with van der Waals surface area (Å²) in [5, 5.41) is 12.6. The van der Waals surface area contributed by atoms with Gasteiger partial charge in [0.15, 0.2) is 5.78 Å². The third-order valence-electron chi connectivity index (χ3n) is 2.14. The van der Waals surface area contributed by atoms with Crippen molar-refractivity contribution in [2.24, 2.45) is 10.5 Å². The van der Waals surface area contributed by atoms with E-state index in [9.17, 15) is 9.18 Å². The fraction of sp³-hybridized carbons (Fsp3) is 0.308. The normalized spacial score (nSPS) is 11.8. The second kappa shape index (κ2) is 5.41. The Balaban J connectivity index is 2.85. The van der Waals surface area contributed by atoms with Gasteiger partial charge in [-0.25, -0.2) is 4.39 Å². The largest absolute Gasteiger partial charge is 0.291 e. The number of hydrogen-bond acceptors (Lipinski definition) is 4. The van der Waals surface area contributed by atoms with Crippen LogP contribution in [0.3, 0.4) is 0 Å². The number of hydrogen-bond donors (Lipinski definition) is 1. The number of nitrogens with one attached hydrogen (secondary N) is 1. The average Bonchev–Trinajstić information content (AvgIpc) is 2.31. The molecule has 0 spiro atoms. The number of benzene rings is 1. The van der Waals surface area contributed by atoms with Gasteiger partial charge >= 0.3 is 0 Å². The quantitative estimate of drug-likeness (QED) is 0.659. The third-order valence-corrected chi connectivity index (χ3v) is 2.14. The first kappa shape index (κ1) is 13.8. The van der Waals surface area contributed by atoms with Crippen LogP contribution in [0.1, 0.15) is 20.8 Å². The first-order valence-corrected chi connectivity index (χ1v) is 5.39. The number of nitrogens with zero attached hydrogens (tertiary/aromatic N) is 2. The SMILES string of the molecule is CC(C)(C)C(=O)/C(C#N)=N\Nc1ccc(F)cc1. The van der Waals surface area contributed by atoms with Gasteiger partial charge in [-0.15, -0.1) is 0 Å². The van der Waals surface area contributed by atoms with Crippen molar-refractivity contribution < 1.29 is 9.18 Å². The Morgan fingerprint density at radius 1 is 1.33 bits per heavy atom. The highest BCUT2D eigenvalue weighted by molar-refractivity contribution is 6.47. The number of nitriles is 1. The molecule has 1 N–H and O–H groups in total. The first-order valence-electron chi connectivity index (χ1n) is 5.39. The number of rotatable bonds is 3. The van der Waals surface area contributed by atoms with E-state index in [4.69, 9.17) is 5.26 Å². The Morgan fingerprint density at radius 2 is 1.89 bits per heavy atom. The van der Waals surface area contributed by atoms with Crippen molar-refractivity contribution in [3.8, 4) is 6.07 Å². The molecule has 0 unspecified atom stereocenters. The number of hydrazone groups is 1. The van der Waals surface area contributed by atoms with Crippen LogP contribution in [0.25, 0.3) is 0 Å². The lowest BCUT2D eigenvalue weighted by Gasteiger charge is -2.14. The summed E-state index contributed by atoms with van der Waals surface area (Å²) >= 11 is 0. The lowest BCUT2D eigenvalue weighted by molar-refractivity contribution is -0.119. The van der Waals surface area contributed by atoms with Gasteiger partial charge in [-0.1, -0.05) is 20.8 Å². The van der Waals surface area contributed by atoms with Crippen LogP contribution < -0.4 is 5.43 Å². The number of anilines is 1. The second-order valence-corrected chi connectivity index (χ2v) is 4.77. The first-order chi connectivity index (χ1) is 8.34. The van der Waals surface area contributed by atoms with E-state index in [2.05, 4.69) is 10.5 Å². The van der Waals surface area contributed by atoms with Crippen LogP contribution in [0.4, 0.5) is 10.1 Å². The standard InChI is InChI=1S/C13H14FN3O/c1-13(2,3)12(18)11(8-15)17-16-10-6-4-9(14)5-7-10/h4-7,16H,1-3H3/b17-11-. The molecule has 5 heteroatoms. The van der Waals surface area contributed by atoms with E-state index in [0.717, 1.165) is 0 Å². The van der Waals surface area contributed by atoms with Crippen LogP contribution in [-0.2, 0) is 4.79 Å². The molecular formula is C13H14FN3O. The van der Waals surface area contributed by atoms with E-state index >= 15 is 0 Å². The molecule has 0 saturated heterocycles. The Morgan fingerprint density at radius 3 is 2.33 bits per heavy atom. The van der Waals surface area contributed by atoms with Crippen LogP contribution in [0.2, 0.25) is 0 Å². The van der Waals surface area contributed by atoms with Gasteiger partial charge in [0, 0.05) is 5.41 Å². The Labute approximate surface area is 105 Å². The molecule has 1 aromatic rings. The molecule has 0 saturated carbocycles. The predicted octanol–water partition coefficient (Wildman–Crippen LogP) is 2.73. The molecule has 0 bridgehead atoms. The lowest BCUT2D eigenvalue weighted by Crippen LogP contribution is -2.28. The second-order valence-electron chi connectivity index (χ2n) is 4.77. The van der Waals surface area contributed by atoms with Crippen LogP contribution in [0.5, 0.6) is 0 Å². The predicted molar refractivity (Wildman–Crippen MR) is 67.5 cm³/mol. The van der Waals surface area contributed by atoms with Crippen LogP contribution in [0, 0.1) is 22.6 Å². The number of carbonyl (C=O) groups is 1. The van der Waals surface area contributed by atoms with Crippen molar-refractivity contribution in [3.05, 3.63) is 30.1 Å².